The molecule has 0 amide bonds. The fourth-order valence-electron chi connectivity index (χ4n) is 3.42. The van der Waals surface area contributed by atoms with Crippen LogP contribution in [0.25, 0.3) is 0 Å². The molecule has 1 aromatic carbocycles. The quantitative estimate of drug-likeness (QED) is 0.783. The van der Waals surface area contributed by atoms with Crippen molar-refractivity contribution in [1.29, 1.82) is 0 Å². The van der Waals surface area contributed by atoms with Gasteiger partial charge in [-0.3, -0.25) is 4.90 Å². The van der Waals surface area contributed by atoms with E-state index in [4.69, 9.17) is 0 Å². The van der Waals surface area contributed by atoms with Gasteiger partial charge in [0.25, 0.3) is 0 Å². The van der Waals surface area contributed by atoms with E-state index < -0.39 is 12.7 Å². The largest absolute Gasteiger partial charge is 0.401 e. The highest BCUT2D eigenvalue weighted by Crippen LogP contribution is 2.27. The first kappa shape index (κ1) is 19.2. The normalized spacial score (nSPS) is 18.1. The van der Waals surface area contributed by atoms with Crippen LogP contribution in [-0.4, -0.2) is 42.8 Å². The first-order chi connectivity index (χ1) is 11.2. The lowest BCUT2D eigenvalue weighted by Crippen LogP contribution is -2.50. The standard InChI is InChI=1S/C18H26F4N2/c1-17(2,11-15-4-3-5-16(19)10-15)24-8-6-14(7-9-24)12-23-13-18(20,21)22/h3-5,10,14,23H,6-9,11-13H2,1-2H3. The summed E-state index contributed by atoms with van der Waals surface area (Å²) in [5.41, 5.74) is 0.868. The van der Waals surface area contributed by atoms with Crippen molar-refractivity contribution < 1.29 is 17.6 Å². The number of nitrogens with zero attached hydrogens (tertiary/aromatic N) is 1. The highest BCUT2D eigenvalue weighted by Gasteiger charge is 2.31. The Kier molecular flexibility index (Phi) is 6.26. The van der Waals surface area contributed by atoms with Gasteiger partial charge in [0.05, 0.1) is 6.54 Å². The van der Waals surface area contributed by atoms with Crippen LogP contribution in [0.1, 0.15) is 32.3 Å². The molecule has 0 atom stereocenters. The highest BCUT2D eigenvalue weighted by molar-refractivity contribution is 5.18. The summed E-state index contributed by atoms with van der Waals surface area (Å²) in [6.45, 7) is 5.50. The number of hydrogen-bond acceptors (Lipinski definition) is 2. The third kappa shape index (κ3) is 6.06. The second-order valence-corrected chi connectivity index (χ2v) is 7.30. The second kappa shape index (κ2) is 7.83. The molecule has 1 aliphatic heterocycles. The van der Waals surface area contributed by atoms with Crippen LogP contribution in [-0.2, 0) is 6.42 Å². The van der Waals surface area contributed by atoms with E-state index in [1.54, 1.807) is 12.1 Å². The molecule has 1 aliphatic rings. The summed E-state index contributed by atoms with van der Waals surface area (Å²) in [5, 5.41) is 2.51. The minimum atomic E-state index is -4.15. The molecule has 0 bridgehead atoms. The minimum absolute atomic E-state index is 0.0990. The SMILES string of the molecule is CC(C)(Cc1cccc(F)c1)N1CCC(CNCC(F)(F)F)CC1. The molecule has 0 aliphatic carbocycles. The molecule has 1 fully saturated rings. The molecule has 24 heavy (non-hydrogen) atoms. The molecule has 1 aromatic rings. The Hall–Kier alpha value is -1.14. The van der Waals surface area contributed by atoms with Gasteiger partial charge in [-0.25, -0.2) is 4.39 Å². The van der Waals surface area contributed by atoms with E-state index >= 15 is 0 Å². The van der Waals surface area contributed by atoms with Crippen LogP contribution >= 0.6 is 0 Å². The predicted octanol–water partition coefficient (Wildman–Crippen LogP) is 4.01. The zero-order chi connectivity index (χ0) is 17.8. The Balaban J connectivity index is 1.80. The Labute approximate surface area is 141 Å². The lowest BCUT2D eigenvalue weighted by atomic mass is 9.88. The van der Waals surface area contributed by atoms with Gasteiger partial charge in [-0.1, -0.05) is 12.1 Å². The summed E-state index contributed by atoms with van der Waals surface area (Å²) in [6, 6.07) is 6.66. The van der Waals surface area contributed by atoms with Crippen LogP contribution in [0.2, 0.25) is 0 Å². The molecule has 2 nitrogen and oxygen atoms in total. The molecule has 1 heterocycles. The van der Waals surface area contributed by atoms with Gasteiger partial charge in [0.1, 0.15) is 5.82 Å². The summed E-state index contributed by atoms with van der Waals surface area (Å²) in [7, 11) is 0. The van der Waals surface area contributed by atoms with Gasteiger partial charge in [0.15, 0.2) is 0 Å². The average Bonchev–Trinajstić information content (AvgIpc) is 2.46. The Morgan fingerprint density at radius 2 is 1.83 bits per heavy atom. The molecule has 0 radical (unpaired) electrons. The smallest absolute Gasteiger partial charge is 0.308 e. The Morgan fingerprint density at radius 3 is 2.42 bits per heavy atom. The van der Waals surface area contributed by atoms with Crippen molar-refractivity contribution in [2.24, 2.45) is 5.92 Å². The van der Waals surface area contributed by atoms with Crippen molar-refractivity contribution in [3.05, 3.63) is 35.6 Å². The predicted molar refractivity (Wildman–Crippen MR) is 87.4 cm³/mol. The van der Waals surface area contributed by atoms with Crippen LogP contribution in [0, 0.1) is 11.7 Å². The van der Waals surface area contributed by atoms with Gasteiger partial charge in [-0.15, -0.1) is 0 Å². The van der Waals surface area contributed by atoms with Crippen LogP contribution in [0.5, 0.6) is 0 Å². The molecule has 0 spiro atoms. The van der Waals surface area contributed by atoms with Gasteiger partial charge in [-0.2, -0.15) is 13.2 Å². The number of likely N-dealkylation sites (tertiary alicyclic amines) is 1. The number of benzene rings is 1. The number of rotatable bonds is 6. The molecule has 0 saturated carbocycles. The third-order valence-electron chi connectivity index (χ3n) is 4.75. The number of alkyl halides is 3. The van der Waals surface area contributed by atoms with E-state index in [1.165, 1.54) is 6.07 Å². The van der Waals surface area contributed by atoms with Crippen molar-refractivity contribution in [3.8, 4) is 0 Å². The number of nitrogens with one attached hydrogen (secondary N) is 1. The maximum absolute atomic E-state index is 13.3. The minimum Gasteiger partial charge on any atom is -0.308 e. The molecule has 6 heteroatoms. The summed E-state index contributed by atoms with van der Waals surface area (Å²) in [5.74, 6) is 0.0614. The van der Waals surface area contributed by atoms with Crippen molar-refractivity contribution in [3.63, 3.8) is 0 Å². The number of hydrogen-bond donors (Lipinski definition) is 1. The third-order valence-corrected chi connectivity index (χ3v) is 4.75. The van der Waals surface area contributed by atoms with Gasteiger partial charge >= 0.3 is 6.18 Å². The molecule has 1 N–H and O–H groups in total. The van der Waals surface area contributed by atoms with E-state index in [2.05, 4.69) is 24.1 Å². The molecular weight excluding hydrogens is 320 g/mol. The second-order valence-electron chi connectivity index (χ2n) is 7.30. The van der Waals surface area contributed by atoms with E-state index in [0.717, 1.165) is 37.9 Å². The molecule has 0 unspecified atom stereocenters. The lowest BCUT2D eigenvalue weighted by Gasteiger charge is -2.43. The monoisotopic (exact) mass is 346 g/mol. The summed E-state index contributed by atoms with van der Waals surface area (Å²) in [6.07, 6.45) is -1.62. The Morgan fingerprint density at radius 1 is 1.17 bits per heavy atom. The molecule has 2 rings (SSSR count). The van der Waals surface area contributed by atoms with Gasteiger partial charge < -0.3 is 5.32 Å². The van der Waals surface area contributed by atoms with E-state index in [0.29, 0.717) is 6.54 Å². The molecule has 1 saturated heterocycles. The van der Waals surface area contributed by atoms with Crippen LogP contribution < -0.4 is 5.32 Å². The van der Waals surface area contributed by atoms with E-state index in [-0.39, 0.29) is 17.3 Å². The van der Waals surface area contributed by atoms with Crippen LogP contribution in [0.4, 0.5) is 17.6 Å². The van der Waals surface area contributed by atoms with Gasteiger partial charge in [0, 0.05) is 5.54 Å². The Bertz CT molecular complexity index is 520. The molecular formula is C18H26F4N2. The van der Waals surface area contributed by atoms with Crippen LogP contribution in [0.3, 0.4) is 0 Å². The summed E-state index contributed by atoms with van der Waals surface area (Å²) in [4.78, 5) is 2.36. The fraction of sp³-hybridized carbons (Fsp3) is 0.667. The van der Waals surface area contributed by atoms with Crippen molar-refractivity contribution >= 4 is 0 Å². The van der Waals surface area contributed by atoms with E-state index in [9.17, 15) is 17.6 Å². The topological polar surface area (TPSA) is 15.3 Å². The maximum atomic E-state index is 13.3. The van der Waals surface area contributed by atoms with Crippen molar-refractivity contribution in [2.75, 3.05) is 26.2 Å². The maximum Gasteiger partial charge on any atom is 0.401 e. The van der Waals surface area contributed by atoms with Gasteiger partial charge in [0.2, 0.25) is 0 Å². The zero-order valence-corrected chi connectivity index (χ0v) is 14.3. The molecule has 0 aromatic heterocycles. The van der Waals surface area contributed by atoms with Crippen molar-refractivity contribution in [2.45, 2.75) is 44.8 Å². The number of halogens is 4. The highest BCUT2D eigenvalue weighted by atomic mass is 19.4. The van der Waals surface area contributed by atoms with E-state index in [1.807, 2.05) is 6.07 Å². The molecule has 136 valence electrons. The summed E-state index contributed by atoms with van der Waals surface area (Å²) < 4.78 is 49.8. The van der Waals surface area contributed by atoms with Gasteiger partial charge in [-0.05, 0) is 76.4 Å². The van der Waals surface area contributed by atoms with Crippen molar-refractivity contribution in [1.82, 2.24) is 10.2 Å². The lowest BCUT2D eigenvalue weighted by molar-refractivity contribution is -0.125. The summed E-state index contributed by atoms with van der Waals surface area (Å²) >= 11 is 0. The zero-order valence-electron chi connectivity index (χ0n) is 14.3. The average molecular weight is 346 g/mol. The van der Waals surface area contributed by atoms with Crippen LogP contribution in [0.15, 0.2) is 24.3 Å². The first-order valence-corrected chi connectivity index (χ1v) is 8.43. The first-order valence-electron chi connectivity index (χ1n) is 8.43. The fourth-order valence-corrected chi connectivity index (χ4v) is 3.42. The number of piperidine rings is 1.